The van der Waals surface area contributed by atoms with Crippen LogP contribution in [-0.2, 0) is 0 Å². The second kappa shape index (κ2) is 15.0. The largest absolute Gasteiger partial charge is 0.493 e. The summed E-state index contributed by atoms with van der Waals surface area (Å²) in [5.74, 6) is 0.327. The van der Waals surface area contributed by atoms with Gasteiger partial charge in [-0.25, -0.2) is 13.2 Å². The van der Waals surface area contributed by atoms with Crippen LogP contribution >= 0.6 is 0 Å². The third-order valence-corrected chi connectivity index (χ3v) is 9.10. The van der Waals surface area contributed by atoms with Crippen LogP contribution in [0.25, 0.3) is 6.08 Å². The zero-order valence-corrected chi connectivity index (χ0v) is 24.0. The monoisotopic (exact) mass is 540 g/mol. The van der Waals surface area contributed by atoms with Crippen LogP contribution < -0.4 is 4.74 Å². The molecule has 2 aromatic carbocycles. The summed E-state index contributed by atoms with van der Waals surface area (Å²) in [6.45, 7) is 5.08. The molecule has 2 fully saturated rings. The van der Waals surface area contributed by atoms with Crippen molar-refractivity contribution in [3.8, 4) is 5.75 Å². The molecule has 2 saturated carbocycles. The van der Waals surface area contributed by atoms with E-state index in [9.17, 15) is 13.2 Å². The van der Waals surface area contributed by atoms with Gasteiger partial charge in [-0.15, -0.1) is 0 Å². The Bertz CT molecular complexity index is 1060. The number of allylic oxidation sites excluding steroid dienone is 1. The van der Waals surface area contributed by atoms with Gasteiger partial charge in [0.1, 0.15) is 11.6 Å². The maximum Gasteiger partial charge on any atom is 0.166 e. The van der Waals surface area contributed by atoms with Crippen LogP contribution in [0.15, 0.2) is 36.4 Å². The van der Waals surface area contributed by atoms with Crippen molar-refractivity contribution in [2.45, 2.75) is 116 Å². The van der Waals surface area contributed by atoms with Gasteiger partial charge in [0.15, 0.2) is 11.6 Å². The van der Waals surface area contributed by atoms with Crippen molar-refractivity contribution in [1.82, 2.24) is 0 Å². The average Bonchev–Trinajstić information content (AvgIpc) is 2.94. The molecule has 0 heterocycles. The molecule has 4 rings (SSSR count). The Morgan fingerprint density at radius 3 is 2.10 bits per heavy atom. The van der Waals surface area contributed by atoms with Crippen molar-refractivity contribution in [1.29, 1.82) is 0 Å². The molecule has 1 nitrogen and oxygen atoms in total. The molecule has 0 spiro atoms. The van der Waals surface area contributed by atoms with Crippen molar-refractivity contribution in [3.05, 3.63) is 70.5 Å². The minimum atomic E-state index is -0.725. The van der Waals surface area contributed by atoms with Crippen LogP contribution in [0.4, 0.5) is 13.2 Å². The quantitative estimate of drug-likeness (QED) is 0.243. The number of rotatable bonds is 12. The first kappa shape index (κ1) is 29.7. The second-order valence-electron chi connectivity index (χ2n) is 12.1. The van der Waals surface area contributed by atoms with Gasteiger partial charge < -0.3 is 4.74 Å². The maximum absolute atomic E-state index is 14.9. The van der Waals surface area contributed by atoms with E-state index in [1.165, 1.54) is 31.7 Å². The van der Waals surface area contributed by atoms with Gasteiger partial charge in [0.2, 0.25) is 0 Å². The molecule has 0 saturated heterocycles. The number of hydrogen-bond donors (Lipinski definition) is 0. The number of ether oxygens (including phenoxy) is 1. The Hall–Kier alpha value is -2.23. The van der Waals surface area contributed by atoms with E-state index >= 15 is 0 Å². The van der Waals surface area contributed by atoms with Crippen molar-refractivity contribution in [2.24, 2.45) is 11.8 Å². The number of halogens is 3. The maximum atomic E-state index is 14.9. The SMILES string of the molecule is CCCCCCCCOc1ccc(C2CCC(/C=C/c3ccc(C4CCC(C)CC4)c(F)c3F)CC2)c(F)c1. The van der Waals surface area contributed by atoms with Crippen LogP contribution in [-0.4, -0.2) is 6.61 Å². The van der Waals surface area contributed by atoms with E-state index in [-0.39, 0.29) is 17.7 Å². The third kappa shape index (κ3) is 8.38. The first-order chi connectivity index (χ1) is 19.0. The summed E-state index contributed by atoms with van der Waals surface area (Å²) in [7, 11) is 0. The molecule has 2 aliphatic carbocycles. The minimum absolute atomic E-state index is 0.130. The molecule has 2 aromatic rings. The zero-order valence-electron chi connectivity index (χ0n) is 24.0. The van der Waals surface area contributed by atoms with E-state index in [2.05, 4.69) is 13.8 Å². The summed E-state index contributed by atoms with van der Waals surface area (Å²) in [6, 6.07) is 8.85. The van der Waals surface area contributed by atoms with Crippen LogP contribution in [0.3, 0.4) is 0 Å². The molecular formula is C35H47F3O. The molecule has 2 aliphatic rings. The Labute approximate surface area is 234 Å². The van der Waals surface area contributed by atoms with Crippen LogP contribution in [0.5, 0.6) is 5.75 Å². The molecule has 0 unspecified atom stereocenters. The fourth-order valence-electron chi connectivity index (χ4n) is 6.46. The highest BCUT2D eigenvalue weighted by atomic mass is 19.2. The van der Waals surface area contributed by atoms with Crippen LogP contribution in [0, 0.1) is 29.3 Å². The van der Waals surface area contributed by atoms with Crippen molar-refractivity contribution < 1.29 is 17.9 Å². The Morgan fingerprint density at radius 2 is 1.38 bits per heavy atom. The summed E-state index contributed by atoms with van der Waals surface area (Å²) in [4.78, 5) is 0. The Balaban J connectivity index is 1.25. The molecule has 0 N–H and O–H groups in total. The van der Waals surface area contributed by atoms with E-state index in [0.29, 0.717) is 35.3 Å². The van der Waals surface area contributed by atoms with E-state index in [0.717, 1.165) is 69.8 Å². The molecule has 0 atom stereocenters. The van der Waals surface area contributed by atoms with Crippen molar-refractivity contribution in [3.63, 3.8) is 0 Å². The average molecular weight is 541 g/mol. The van der Waals surface area contributed by atoms with Crippen LogP contribution in [0.2, 0.25) is 0 Å². The predicted molar refractivity (Wildman–Crippen MR) is 156 cm³/mol. The lowest BCUT2D eigenvalue weighted by atomic mass is 9.78. The summed E-state index contributed by atoms with van der Waals surface area (Å²) >= 11 is 0. The molecular weight excluding hydrogens is 493 g/mol. The van der Waals surface area contributed by atoms with Gasteiger partial charge in [-0.05, 0) is 85.8 Å². The lowest BCUT2D eigenvalue weighted by molar-refractivity contribution is 0.302. The van der Waals surface area contributed by atoms with E-state index in [4.69, 9.17) is 4.74 Å². The molecule has 4 heteroatoms. The van der Waals surface area contributed by atoms with Gasteiger partial charge in [-0.2, -0.15) is 0 Å². The van der Waals surface area contributed by atoms with Crippen molar-refractivity contribution in [2.75, 3.05) is 6.61 Å². The second-order valence-corrected chi connectivity index (χ2v) is 12.1. The molecule has 0 aromatic heterocycles. The van der Waals surface area contributed by atoms with E-state index < -0.39 is 11.6 Å². The molecule has 0 radical (unpaired) electrons. The van der Waals surface area contributed by atoms with Crippen molar-refractivity contribution >= 4 is 6.08 Å². The van der Waals surface area contributed by atoms with Crippen LogP contribution in [0.1, 0.15) is 132 Å². The fraction of sp³-hybridized carbons (Fsp3) is 0.600. The first-order valence-electron chi connectivity index (χ1n) is 15.5. The Morgan fingerprint density at radius 1 is 0.744 bits per heavy atom. The minimum Gasteiger partial charge on any atom is -0.493 e. The topological polar surface area (TPSA) is 9.23 Å². The molecule has 0 aliphatic heterocycles. The highest BCUT2D eigenvalue weighted by Crippen LogP contribution is 2.40. The predicted octanol–water partition coefficient (Wildman–Crippen LogP) is 11.1. The number of hydrogen-bond acceptors (Lipinski definition) is 1. The summed E-state index contributed by atoms with van der Waals surface area (Å²) in [5, 5.41) is 0. The molecule has 39 heavy (non-hydrogen) atoms. The third-order valence-electron chi connectivity index (χ3n) is 9.10. The zero-order chi connectivity index (χ0) is 27.6. The smallest absolute Gasteiger partial charge is 0.166 e. The number of unbranched alkanes of at least 4 members (excludes halogenated alkanes) is 5. The number of benzene rings is 2. The van der Waals surface area contributed by atoms with Gasteiger partial charge in [0.25, 0.3) is 0 Å². The van der Waals surface area contributed by atoms with Gasteiger partial charge in [-0.3, -0.25) is 0 Å². The lowest BCUT2D eigenvalue weighted by Crippen LogP contribution is -2.13. The lowest BCUT2D eigenvalue weighted by Gasteiger charge is -2.27. The fourth-order valence-corrected chi connectivity index (χ4v) is 6.46. The van der Waals surface area contributed by atoms with E-state index in [1.807, 2.05) is 18.2 Å². The Kier molecular flexibility index (Phi) is 11.4. The normalized spacial score (nSPS) is 23.8. The standard InChI is InChI=1S/C35H47F3O/c1-3-4-5-6-7-8-23-39-30-20-22-31(33(36)24-30)27-16-11-26(12-17-27)13-18-29-19-21-32(35(38)34(29)37)28-14-9-25(2)10-15-28/h13,18-22,24-28H,3-12,14-17,23H2,1-2H3/b18-13+. The highest BCUT2D eigenvalue weighted by molar-refractivity contribution is 5.52. The van der Waals surface area contributed by atoms with Gasteiger partial charge in [-0.1, -0.05) is 89.1 Å². The van der Waals surface area contributed by atoms with E-state index in [1.54, 1.807) is 18.2 Å². The van der Waals surface area contributed by atoms with Gasteiger partial charge >= 0.3 is 0 Å². The summed E-state index contributed by atoms with van der Waals surface area (Å²) < 4.78 is 50.5. The highest BCUT2D eigenvalue weighted by Gasteiger charge is 2.26. The van der Waals surface area contributed by atoms with Gasteiger partial charge in [0.05, 0.1) is 6.61 Å². The summed E-state index contributed by atoms with van der Waals surface area (Å²) in [6.07, 6.45) is 18.6. The molecule has 214 valence electrons. The van der Waals surface area contributed by atoms with Gasteiger partial charge in [0, 0.05) is 11.6 Å². The molecule has 0 amide bonds. The summed E-state index contributed by atoms with van der Waals surface area (Å²) in [5.41, 5.74) is 1.63. The molecule has 0 bridgehead atoms. The first-order valence-corrected chi connectivity index (χ1v) is 15.5.